The first-order valence-corrected chi connectivity index (χ1v) is 31.3. The van der Waals surface area contributed by atoms with Crippen molar-refractivity contribution in [2.75, 3.05) is 13.2 Å². The Hall–Kier alpha value is -1.59. The summed E-state index contributed by atoms with van der Waals surface area (Å²) >= 11 is 0. The summed E-state index contributed by atoms with van der Waals surface area (Å²) in [6, 6.07) is 0. The van der Waals surface area contributed by atoms with Gasteiger partial charge in [-0.3, -0.25) is 14.4 Å². The summed E-state index contributed by atoms with van der Waals surface area (Å²) in [5, 5.41) is 0. The van der Waals surface area contributed by atoms with Crippen LogP contribution in [0.25, 0.3) is 0 Å². The van der Waals surface area contributed by atoms with Gasteiger partial charge in [0.15, 0.2) is 6.10 Å². The minimum atomic E-state index is -0.763. The van der Waals surface area contributed by atoms with Crippen LogP contribution in [0.5, 0.6) is 0 Å². The molecule has 0 aromatic heterocycles. The average Bonchev–Trinajstić information content (AvgIpc) is 3.35. The van der Waals surface area contributed by atoms with Crippen molar-refractivity contribution in [1.29, 1.82) is 0 Å². The fraction of sp³-hybridized carbons (Fsp3) is 0.952. The van der Waals surface area contributed by atoms with Gasteiger partial charge in [0.05, 0.1) is 0 Å². The van der Waals surface area contributed by atoms with Gasteiger partial charge in [-0.1, -0.05) is 317 Å². The number of carbonyl (C=O) groups excluding carboxylic acids is 3. The van der Waals surface area contributed by atoms with Crippen LogP contribution in [0, 0.1) is 11.8 Å². The Balaban J connectivity index is 4.25. The van der Waals surface area contributed by atoms with E-state index in [2.05, 4.69) is 34.6 Å². The van der Waals surface area contributed by atoms with Crippen LogP contribution in [0.1, 0.15) is 356 Å². The summed E-state index contributed by atoms with van der Waals surface area (Å²) in [6.45, 7) is 11.5. The monoisotopic (exact) mass is 975 g/mol. The molecule has 0 aromatic carbocycles. The van der Waals surface area contributed by atoms with Gasteiger partial charge < -0.3 is 14.2 Å². The van der Waals surface area contributed by atoms with E-state index < -0.39 is 6.10 Å². The molecule has 410 valence electrons. The molecule has 0 radical (unpaired) electrons. The van der Waals surface area contributed by atoms with Crippen LogP contribution < -0.4 is 0 Å². The topological polar surface area (TPSA) is 78.9 Å². The van der Waals surface area contributed by atoms with E-state index in [1.807, 2.05) is 0 Å². The second-order valence-electron chi connectivity index (χ2n) is 22.2. The highest BCUT2D eigenvalue weighted by Crippen LogP contribution is 2.19. The first-order chi connectivity index (χ1) is 33.8. The molecule has 6 heteroatoms. The fourth-order valence-corrected chi connectivity index (χ4v) is 9.69. The van der Waals surface area contributed by atoms with E-state index >= 15 is 0 Å². The predicted octanol–water partition coefficient (Wildman–Crippen LogP) is 20.8. The smallest absolute Gasteiger partial charge is 0.306 e. The number of unbranched alkanes of at least 4 members (excludes halogenated alkanes) is 40. The quantitative estimate of drug-likeness (QED) is 0.0343. The number of hydrogen-bond acceptors (Lipinski definition) is 6. The molecule has 0 aromatic rings. The Morgan fingerprint density at radius 1 is 0.290 bits per heavy atom. The summed E-state index contributed by atoms with van der Waals surface area (Å²) in [4.78, 5) is 38.2. The van der Waals surface area contributed by atoms with Crippen LogP contribution in [0.2, 0.25) is 0 Å². The zero-order valence-electron chi connectivity index (χ0n) is 47.5. The van der Waals surface area contributed by atoms with Crippen molar-refractivity contribution in [2.24, 2.45) is 11.8 Å². The predicted molar refractivity (Wildman–Crippen MR) is 298 cm³/mol. The third-order valence-corrected chi connectivity index (χ3v) is 15.2. The average molecular weight is 976 g/mol. The van der Waals surface area contributed by atoms with E-state index in [1.165, 1.54) is 244 Å². The van der Waals surface area contributed by atoms with E-state index in [0.29, 0.717) is 19.3 Å². The number of ether oxygens (including phenoxy) is 3. The highest BCUT2D eigenvalue weighted by molar-refractivity contribution is 5.71. The van der Waals surface area contributed by atoms with Gasteiger partial charge in [0.2, 0.25) is 0 Å². The zero-order valence-corrected chi connectivity index (χ0v) is 47.5. The first-order valence-electron chi connectivity index (χ1n) is 31.3. The number of hydrogen-bond donors (Lipinski definition) is 0. The van der Waals surface area contributed by atoms with Crippen LogP contribution in [-0.2, 0) is 28.6 Å². The molecular formula is C63H122O6. The van der Waals surface area contributed by atoms with Crippen LogP contribution in [0.3, 0.4) is 0 Å². The van der Waals surface area contributed by atoms with Crippen LogP contribution in [0.4, 0.5) is 0 Å². The van der Waals surface area contributed by atoms with Crippen molar-refractivity contribution in [1.82, 2.24) is 0 Å². The highest BCUT2D eigenvalue weighted by Gasteiger charge is 2.19. The Labute approximate surface area is 431 Å². The van der Waals surface area contributed by atoms with Gasteiger partial charge in [0.25, 0.3) is 0 Å². The molecule has 3 atom stereocenters. The van der Waals surface area contributed by atoms with Crippen LogP contribution in [-0.4, -0.2) is 37.2 Å². The Bertz CT molecular complexity index is 1060. The van der Waals surface area contributed by atoms with Gasteiger partial charge in [-0.25, -0.2) is 0 Å². The van der Waals surface area contributed by atoms with Gasteiger partial charge in [-0.2, -0.15) is 0 Å². The molecule has 0 amide bonds. The molecule has 0 rings (SSSR count). The second kappa shape index (κ2) is 55.7. The molecule has 0 aliphatic rings. The SMILES string of the molecule is CCCCCCCCCCCCCCCCCC(=O)O[C@H](COC(=O)CCCCCCCCCCCCCCCCCCCCC(C)CC)COC(=O)CCCCCCCCCCCCC(C)CC. The van der Waals surface area contributed by atoms with Crippen molar-refractivity contribution in [3.8, 4) is 0 Å². The third-order valence-electron chi connectivity index (χ3n) is 15.2. The standard InChI is InChI=1S/C63H122O6/c1-6-9-10-11-12-13-14-15-20-25-28-35-40-45-50-55-63(66)69-60(57-68-62(65)54-49-44-39-34-30-29-32-37-42-47-52-59(5)8-3)56-67-61(64)53-48-43-38-33-27-24-22-19-17-16-18-21-23-26-31-36-41-46-51-58(4)7-2/h58-60H,6-57H2,1-5H3/t58?,59?,60-/m1/s1. The lowest BCUT2D eigenvalue weighted by Crippen LogP contribution is -2.30. The Kier molecular flexibility index (Phi) is 54.4. The summed E-state index contributed by atoms with van der Waals surface area (Å²) in [5.41, 5.74) is 0. The normalized spacial score (nSPS) is 12.8. The lowest BCUT2D eigenvalue weighted by atomic mass is 9.99. The molecule has 6 nitrogen and oxygen atoms in total. The molecule has 0 N–H and O–H groups in total. The van der Waals surface area contributed by atoms with Crippen molar-refractivity contribution in [3.63, 3.8) is 0 Å². The summed E-state index contributed by atoms with van der Waals surface area (Å²) in [7, 11) is 0. The molecule has 0 aliphatic carbocycles. The molecule has 0 heterocycles. The Morgan fingerprint density at radius 2 is 0.507 bits per heavy atom. The summed E-state index contributed by atoms with van der Waals surface area (Å²) in [5.74, 6) is 0.945. The summed E-state index contributed by atoms with van der Waals surface area (Å²) in [6.07, 6.45) is 60.9. The maximum absolute atomic E-state index is 12.9. The lowest BCUT2D eigenvalue weighted by molar-refractivity contribution is -0.167. The second-order valence-corrected chi connectivity index (χ2v) is 22.2. The molecular weight excluding hydrogens is 853 g/mol. The van der Waals surface area contributed by atoms with Gasteiger partial charge in [-0.05, 0) is 31.1 Å². The molecule has 0 saturated heterocycles. The van der Waals surface area contributed by atoms with E-state index in [0.717, 1.165) is 69.6 Å². The van der Waals surface area contributed by atoms with E-state index in [1.54, 1.807) is 0 Å². The minimum Gasteiger partial charge on any atom is -0.462 e. The van der Waals surface area contributed by atoms with E-state index in [9.17, 15) is 14.4 Å². The zero-order chi connectivity index (χ0) is 50.4. The van der Waals surface area contributed by atoms with Crippen molar-refractivity contribution >= 4 is 17.9 Å². The molecule has 0 fully saturated rings. The number of carbonyl (C=O) groups is 3. The maximum Gasteiger partial charge on any atom is 0.306 e. The van der Waals surface area contributed by atoms with E-state index in [-0.39, 0.29) is 31.1 Å². The molecule has 69 heavy (non-hydrogen) atoms. The molecule has 0 aliphatic heterocycles. The number of rotatable bonds is 57. The fourth-order valence-electron chi connectivity index (χ4n) is 9.69. The van der Waals surface area contributed by atoms with Crippen molar-refractivity contribution < 1.29 is 28.6 Å². The molecule has 0 spiro atoms. The minimum absolute atomic E-state index is 0.0622. The summed E-state index contributed by atoms with van der Waals surface area (Å²) < 4.78 is 16.9. The van der Waals surface area contributed by atoms with Crippen LogP contribution in [0.15, 0.2) is 0 Å². The molecule has 0 bridgehead atoms. The van der Waals surface area contributed by atoms with E-state index in [4.69, 9.17) is 14.2 Å². The first kappa shape index (κ1) is 67.4. The van der Waals surface area contributed by atoms with Gasteiger partial charge >= 0.3 is 17.9 Å². The third kappa shape index (κ3) is 54.0. The molecule has 2 unspecified atom stereocenters. The Morgan fingerprint density at radius 3 is 0.754 bits per heavy atom. The highest BCUT2D eigenvalue weighted by atomic mass is 16.6. The van der Waals surface area contributed by atoms with Crippen molar-refractivity contribution in [3.05, 3.63) is 0 Å². The van der Waals surface area contributed by atoms with Crippen LogP contribution >= 0.6 is 0 Å². The largest absolute Gasteiger partial charge is 0.462 e. The van der Waals surface area contributed by atoms with Crippen molar-refractivity contribution in [2.45, 2.75) is 362 Å². The van der Waals surface area contributed by atoms with Gasteiger partial charge in [0.1, 0.15) is 13.2 Å². The lowest BCUT2D eigenvalue weighted by Gasteiger charge is -2.18. The van der Waals surface area contributed by atoms with Gasteiger partial charge in [0, 0.05) is 19.3 Å². The number of esters is 3. The maximum atomic E-state index is 12.9. The molecule has 0 saturated carbocycles. The van der Waals surface area contributed by atoms with Gasteiger partial charge in [-0.15, -0.1) is 0 Å².